The molecular weight excluding hydrogens is 474 g/mol. The van der Waals surface area contributed by atoms with Crippen molar-refractivity contribution in [3.63, 3.8) is 0 Å². The van der Waals surface area contributed by atoms with Gasteiger partial charge in [0.25, 0.3) is 0 Å². The first-order chi connectivity index (χ1) is 16.5. The predicted molar refractivity (Wildman–Crippen MR) is 128 cm³/mol. The van der Waals surface area contributed by atoms with Gasteiger partial charge in [-0.3, -0.25) is 19.2 Å². The van der Waals surface area contributed by atoms with Gasteiger partial charge in [0.1, 0.15) is 11.5 Å². The first kappa shape index (κ1) is 25.6. The smallest absolute Gasteiger partial charge is 0.353 e. The third-order valence-corrected chi connectivity index (χ3v) is 9.06. The second kappa shape index (κ2) is 9.90. The molecule has 7 atom stereocenters. The van der Waals surface area contributed by atoms with E-state index in [0.29, 0.717) is 31.0 Å². The Morgan fingerprint density at radius 3 is 2.60 bits per heavy atom. The number of Topliss-reactive ketones (excluding diaryl/α,β-unsaturated/α-hetero) is 1. The van der Waals surface area contributed by atoms with Crippen LogP contribution >= 0.6 is 11.8 Å². The summed E-state index contributed by atoms with van der Waals surface area (Å²) in [6, 6.07) is -0.659. The van der Waals surface area contributed by atoms with Crippen molar-refractivity contribution < 1.29 is 29.1 Å². The maximum atomic E-state index is 13.0. The van der Waals surface area contributed by atoms with Crippen LogP contribution in [-0.4, -0.2) is 87.4 Å². The number of aliphatic carboxylic acids is 1. The fourth-order valence-corrected chi connectivity index (χ4v) is 7.37. The summed E-state index contributed by atoms with van der Waals surface area (Å²) >= 11 is 1.43. The van der Waals surface area contributed by atoms with Crippen LogP contribution in [0.15, 0.2) is 10.6 Å². The molecule has 4 aliphatic heterocycles. The monoisotopic (exact) mass is 507 g/mol. The van der Waals surface area contributed by atoms with Gasteiger partial charge in [0.2, 0.25) is 17.7 Å². The van der Waals surface area contributed by atoms with E-state index in [2.05, 4.69) is 5.32 Å². The zero-order chi connectivity index (χ0) is 25.6. The number of likely N-dealkylation sites (tertiary alicyclic amines) is 1. The molecule has 11 nitrogen and oxygen atoms in total. The molecule has 12 heteroatoms. The van der Waals surface area contributed by atoms with Gasteiger partial charge in [-0.25, -0.2) is 4.79 Å². The van der Waals surface area contributed by atoms with Crippen LogP contribution in [0.1, 0.15) is 39.5 Å². The lowest BCUT2D eigenvalue weighted by atomic mass is 9.73. The van der Waals surface area contributed by atoms with Gasteiger partial charge < -0.3 is 31.7 Å². The summed E-state index contributed by atoms with van der Waals surface area (Å²) < 4.78 is 0. The average molecular weight is 508 g/mol. The number of ketones is 1. The van der Waals surface area contributed by atoms with Gasteiger partial charge in [-0.15, -0.1) is 11.8 Å². The molecule has 3 saturated heterocycles. The van der Waals surface area contributed by atoms with E-state index in [0.717, 1.165) is 6.42 Å². The molecule has 0 aromatic heterocycles. The van der Waals surface area contributed by atoms with Gasteiger partial charge >= 0.3 is 5.97 Å². The quantitative estimate of drug-likeness (QED) is 0.231. The molecule has 0 unspecified atom stereocenters. The SMILES string of the molecule is C[C@@H](CC(=O)CC(N)=O)[C@H]1C(=O)N2C(C(=O)O)=C(S[C@@H]3CN[C@H](C(=O)N4CC[C@H](N)C4)C3)[C@H](C)[C@@H]12. The normalized spacial score (nSPS) is 33.1. The molecule has 0 aromatic carbocycles. The summed E-state index contributed by atoms with van der Waals surface area (Å²) in [5.41, 5.74) is 11.0. The Morgan fingerprint density at radius 1 is 1.29 bits per heavy atom. The highest BCUT2D eigenvalue weighted by Crippen LogP contribution is 2.53. The Hall–Kier alpha value is -2.44. The van der Waals surface area contributed by atoms with E-state index < -0.39 is 17.8 Å². The molecule has 0 aromatic rings. The molecule has 192 valence electrons. The van der Waals surface area contributed by atoms with Crippen LogP contribution in [-0.2, 0) is 24.0 Å². The summed E-state index contributed by atoms with van der Waals surface area (Å²) in [4.78, 5) is 64.9. The Balaban J connectivity index is 1.43. The van der Waals surface area contributed by atoms with E-state index in [1.807, 2.05) is 6.92 Å². The van der Waals surface area contributed by atoms with Crippen LogP contribution in [0.4, 0.5) is 0 Å². The van der Waals surface area contributed by atoms with E-state index in [1.165, 1.54) is 16.7 Å². The summed E-state index contributed by atoms with van der Waals surface area (Å²) in [6.07, 6.45) is 1.03. The van der Waals surface area contributed by atoms with Crippen LogP contribution < -0.4 is 16.8 Å². The first-order valence-electron chi connectivity index (χ1n) is 12.0. The standard InChI is InChI=1S/C23H33N5O6S/c1-10(5-13(29)6-16(25)30)17-18-11(2)20(19(23(33)34)28(18)22(17)32)35-14-7-15(26-8-14)21(31)27-4-3-12(24)9-27/h10-12,14-15,17-18,26H,3-9,24H2,1-2H3,(H2,25,30)(H,33,34)/t10-,11+,12-,14-,15-,17+,18-/m0/s1. The molecule has 0 radical (unpaired) electrons. The van der Waals surface area contributed by atoms with E-state index >= 15 is 0 Å². The number of thioether (sulfide) groups is 1. The van der Waals surface area contributed by atoms with Crippen LogP contribution in [0, 0.1) is 17.8 Å². The maximum Gasteiger partial charge on any atom is 0.353 e. The highest BCUT2D eigenvalue weighted by molar-refractivity contribution is 8.03. The van der Waals surface area contributed by atoms with Crippen molar-refractivity contribution in [3.05, 3.63) is 10.6 Å². The molecule has 35 heavy (non-hydrogen) atoms. The van der Waals surface area contributed by atoms with Gasteiger partial charge in [0.15, 0.2) is 0 Å². The lowest BCUT2D eigenvalue weighted by molar-refractivity contribution is -0.160. The summed E-state index contributed by atoms with van der Waals surface area (Å²) in [7, 11) is 0. The first-order valence-corrected chi connectivity index (χ1v) is 12.9. The minimum atomic E-state index is -1.16. The number of hydrogen-bond donors (Lipinski definition) is 4. The average Bonchev–Trinajstić information content (AvgIpc) is 3.45. The summed E-state index contributed by atoms with van der Waals surface area (Å²) in [6.45, 7) is 5.45. The molecule has 0 saturated carbocycles. The zero-order valence-electron chi connectivity index (χ0n) is 19.9. The Kier molecular flexibility index (Phi) is 7.26. The molecular formula is C23H33N5O6S. The van der Waals surface area contributed by atoms with Crippen molar-refractivity contribution in [1.82, 2.24) is 15.1 Å². The highest BCUT2D eigenvalue weighted by atomic mass is 32.2. The number of primary amides is 1. The van der Waals surface area contributed by atoms with Crippen molar-refractivity contribution >= 4 is 41.2 Å². The Morgan fingerprint density at radius 2 is 2.00 bits per heavy atom. The van der Waals surface area contributed by atoms with E-state index in [9.17, 15) is 29.1 Å². The van der Waals surface area contributed by atoms with Crippen molar-refractivity contribution in [1.29, 1.82) is 0 Å². The molecule has 4 aliphatic rings. The minimum Gasteiger partial charge on any atom is -0.477 e. The fraction of sp³-hybridized carbons (Fsp3) is 0.696. The number of fused-ring (bicyclic) bond motifs is 1. The number of amides is 3. The number of rotatable bonds is 9. The molecule has 0 aliphatic carbocycles. The number of nitrogens with two attached hydrogens (primary N) is 2. The van der Waals surface area contributed by atoms with E-state index in [4.69, 9.17) is 11.5 Å². The third kappa shape index (κ3) is 4.83. The number of carbonyl (C=O) groups excluding carboxylic acids is 4. The number of nitrogens with one attached hydrogen (secondary N) is 1. The number of carboxylic acids is 1. The molecule has 4 heterocycles. The van der Waals surface area contributed by atoms with Gasteiger partial charge in [-0.05, 0) is 18.8 Å². The lowest BCUT2D eigenvalue weighted by Crippen LogP contribution is -2.62. The number of carbonyl (C=O) groups is 5. The second-order valence-electron chi connectivity index (χ2n) is 10.2. The number of carboxylic acid groups (broad SMARTS) is 1. The van der Waals surface area contributed by atoms with Crippen LogP contribution in [0.5, 0.6) is 0 Å². The van der Waals surface area contributed by atoms with Crippen molar-refractivity contribution in [2.45, 2.75) is 62.9 Å². The summed E-state index contributed by atoms with van der Waals surface area (Å²) in [5, 5.41) is 13.2. The second-order valence-corrected chi connectivity index (χ2v) is 11.5. The number of nitrogens with zero attached hydrogens (tertiary/aromatic N) is 2. The van der Waals surface area contributed by atoms with E-state index in [1.54, 1.807) is 11.8 Å². The molecule has 3 amide bonds. The molecule has 4 rings (SSSR count). The van der Waals surface area contributed by atoms with Gasteiger partial charge in [0, 0.05) is 48.2 Å². The molecule has 0 bridgehead atoms. The van der Waals surface area contributed by atoms with Crippen LogP contribution in [0.25, 0.3) is 0 Å². The highest BCUT2D eigenvalue weighted by Gasteiger charge is 2.60. The predicted octanol–water partition coefficient (Wildman–Crippen LogP) is -0.747. The van der Waals surface area contributed by atoms with Gasteiger partial charge in [-0.1, -0.05) is 13.8 Å². The van der Waals surface area contributed by atoms with Gasteiger partial charge in [-0.2, -0.15) is 0 Å². The number of hydrogen-bond acceptors (Lipinski definition) is 8. The Bertz CT molecular complexity index is 985. The van der Waals surface area contributed by atoms with E-state index in [-0.39, 0.29) is 71.3 Å². The third-order valence-electron chi connectivity index (χ3n) is 7.54. The van der Waals surface area contributed by atoms with Crippen molar-refractivity contribution in [2.24, 2.45) is 29.2 Å². The van der Waals surface area contributed by atoms with Crippen LogP contribution in [0.2, 0.25) is 0 Å². The maximum absolute atomic E-state index is 13.0. The van der Waals surface area contributed by atoms with Gasteiger partial charge in [0.05, 0.1) is 24.4 Å². The largest absolute Gasteiger partial charge is 0.477 e. The minimum absolute atomic E-state index is 0.00436. The summed E-state index contributed by atoms with van der Waals surface area (Å²) in [5.74, 6) is -3.51. The lowest BCUT2D eigenvalue weighted by Gasteiger charge is -2.47. The number of β-lactam (4-membered cyclic amide) rings is 1. The zero-order valence-corrected chi connectivity index (χ0v) is 20.8. The molecule has 3 fully saturated rings. The van der Waals surface area contributed by atoms with Crippen molar-refractivity contribution in [3.8, 4) is 0 Å². The van der Waals surface area contributed by atoms with Crippen LogP contribution in [0.3, 0.4) is 0 Å². The molecule has 6 N–H and O–H groups in total. The molecule has 0 spiro atoms. The fourth-order valence-electron chi connectivity index (χ4n) is 5.89. The Labute approximate surface area is 208 Å². The topological polar surface area (TPSA) is 176 Å². The van der Waals surface area contributed by atoms with Crippen molar-refractivity contribution in [2.75, 3.05) is 19.6 Å².